The number of rotatable bonds is 4. The second kappa shape index (κ2) is 5.68. The second-order valence-electron chi connectivity index (χ2n) is 4.24. The van der Waals surface area contributed by atoms with Gasteiger partial charge in [-0.2, -0.15) is 0 Å². The minimum Gasteiger partial charge on any atom is -0.378 e. The molecule has 0 aliphatic carbocycles. The Kier molecular flexibility index (Phi) is 4.17. The highest BCUT2D eigenvalue weighted by atomic mass is 31.2. The van der Waals surface area contributed by atoms with Crippen molar-refractivity contribution in [3.8, 4) is 0 Å². The normalized spacial score (nSPS) is 17.4. The Morgan fingerprint density at radius 3 is 1.37 bits per heavy atom. The van der Waals surface area contributed by atoms with Crippen LogP contribution in [0.2, 0.25) is 0 Å². The van der Waals surface area contributed by atoms with Gasteiger partial charge in [-0.3, -0.25) is 4.57 Å². The molecule has 1 unspecified atom stereocenters. The molecule has 0 saturated carbocycles. The molecule has 0 aliphatic rings. The molecule has 0 fully saturated rings. The molecule has 3 atom stereocenters. The average Bonchev–Trinajstić information content (AvgIpc) is 2.47. The number of benzene rings is 2. The van der Waals surface area contributed by atoms with Gasteiger partial charge in [0.1, 0.15) is 0 Å². The molecule has 0 aromatic heterocycles. The van der Waals surface area contributed by atoms with Crippen molar-refractivity contribution < 1.29 is 19.7 Å². The maximum atomic E-state index is 12.3. The first-order valence-corrected chi connectivity index (χ1v) is 7.61. The Morgan fingerprint density at radius 2 is 1.05 bits per heavy atom. The van der Waals surface area contributed by atoms with E-state index in [0.29, 0.717) is 11.1 Å². The van der Waals surface area contributed by atoms with Gasteiger partial charge < -0.3 is 15.1 Å². The molecule has 3 N–H and O–H groups in total. The summed E-state index contributed by atoms with van der Waals surface area (Å²) in [6.45, 7) is 0. The van der Waals surface area contributed by atoms with Gasteiger partial charge in [-0.05, 0) is 11.1 Å². The first-order chi connectivity index (χ1) is 9.03. The quantitative estimate of drug-likeness (QED) is 0.751. The van der Waals surface area contributed by atoms with Crippen LogP contribution >= 0.6 is 7.37 Å². The van der Waals surface area contributed by atoms with E-state index in [9.17, 15) is 19.7 Å². The summed E-state index contributed by atoms with van der Waals surface area (Å²) in [6, 6.07) is 16.3. The summed E-state index contributed by atoms with van der Waals surface area (Å²) in [5, 5.41) is 20.0. The molecule has 2 aromatic rings. The van der Waals surface area contributed by atoms with Gasteiger partial charge in [0.25, 0.3) is 7.37 Å². The lowest BCUT2D eigenvalue weighted by atomic mass is 10.2. The minimum atomic E-state index is -4.21. The fourth-order valence-corrected chi connectivity index (χ4v) is 3.28. The van der Waals surface area contributed by atoms with E-state index in [1.54, 1.807) is 60.7 Å². The summed E-state index contributed by atoms with van der Waals surface area (Å²) >= 11 is 0. The van der Waals surface area contributed by atoms with Gasteiger partial charge in [0.2, 0.25) is 0 Å². The summed E-state index contributed by atoms with van der Waals surface area (Å²) in [6.07, 6.45) is 0. The first-order valence-electron chi connectivity index (χ1n) is 5.81. The van der Waals surface area contributed by atoms with Crippen LogP contribution in [0.3, 0.4) is 0 Å². The number of aliphatic hydroxyl groups excluding tert-OH is 2. The molecule has 0 saturated heterocycles. The van der Waals surface area contributed by atoms with Crippen molar-refractivity contribution >= 4 is 7.37 Å². The van der Waals surface area contributed by atoms with Gasteiger partial charge >= 0.3 is 0 Å². The van der Waals surface area contributed by atoms with Crippen molar-refractivity contribution in [1.29, 1.82) is 0 Å². The van der Waals surface area contributed by atoms with Gasteiger partial charge in [0.15, 0.2) is 11.7 Å². The molecule has 0 heterocycles. The van der Waals surface area contributed by atoms with Crippen molar-refractivity contribution in [3.05, 3.63) is 71.8 Å². The highest BCUT2D eigenvalue weighted by Crippen LogP contribution is 2.63. The van der Waals surface area contributed by atoms with Crippen LogP contribution in [0, 0.1) is 0 Å². The summed E-state index contributed by atoms with van der Waals surface area (Å²) in [5.41, 5.74) is 0.617. The second-order valence-corrected chi connectivity index (χ2v) is 6.56. The Balaban J connectivity index is 2.30. The van der Waals surface area contributed by atoms with Crippen molar-refractivity contribution in [3.63, 3.8) is 0 Å². The topological polar surface area (TPSA) is 77.8 Å². The molecule has 0 radical (unpaired) electrons. The fourth-order valence-electron chi connectivity index (χ4n) is 1.81. The van der Waals surface area contributed by atoms with Crippen LogP contribution in [0.5, 0.6) is 0 Å². The Bertz CT molecular complexity index is 521. The third-order valence-electron chi connectivity index (χ3n) is 2.90. The third kappa shape index (κ3) is 2.94. The monoisotopic (exact) mass is 278 g/mol. The van der Waals surface area contributed by atoms with Gasteiger partial charge in [-0.1, -0.05) is 60.7 Å². The smallest absolute Gasteiger partial charge is 0.264 e. The van der Waals surface area contributed by atoms with Gasteiger partial charge in [-0.15, -0.1) is 0 Å². The van der Waals surface area contributed by atoms with Crippen molar-refractivity contribution in [2.24, 2.45) is 0 Å². The highest BCUT2D eigenvalue weighted by molar-refractivity contribution is 7.58. The van der Waals surface area contributed by atoms with Gasteiger partial charge in [0, 0.05) is 0 Å². The lowest BCUT2D eigenvalue weighted by molar-refractivity contribution is 0.186. The molecule has 100 valence electrons. The Morgan fingerprint density at radius 1 is 0.737 bits per heavy atom. The van der Waals surface area contributed by atoms with Gasteiger partial charge in [-0.25, -0.2) is 0 Å². The van der Waals surface area contributed by atoms with E-state index >= 15 is 0 Å². The van der Waals surface area contributed by atoms with E-state index in [0.717, 1.165) is 0 Å². The maximum Gasteiger partial charge on any atom is 0.264 e. The van der Waals surface area contributed by atoms with Crippen molar-refractivity contribution in [1.82, 2.24) is 0 Å². The molecule has 2 aromatic carbocycles. The molecule has 0 spiro atoms. The van der Waals surface area contributed by atoms with Crippen LogP contribution in [0.25, 0.3) is 0 Å². The molecule has 5 heteroatoms. The van der Waals surface area contributed by atoms with E-state index in [-0.39, 0.29) is 0 Å². The van der Waals surface area contributed by atoms with E-state index in [4.69, 9.17) is 0 Å². The largest absolute Gasteiger partial charge is 0.378 e. The van der Waals surface area contributed by atoms with Crippen molar-refractivity contribution in [2.45, 2.75) is 11.7 Å². The zero-order valence-electron chi connectivity index (χ0n) is 10.1. The zero-order valence-corrected chi connectivity index (χ0v) is 11.0. The molecular weight excluding hydrogens is 263 g/mol. The number of aliphatic hydroxyl groups is 2. The standard InChI is InChI=1S/C14H15O4P/c15-13(11-7-3-1-4-8-11)19(17,18)14(16)12-9-5-2-6-10-12/h1-10,13-16H,(H,17,18)/t13-,14+. The molecular formula is C14H15O4P. The van der Waals surface area contributed by atoms with Crippen LogP contribution in [0.4, 0.5) is 0 Å². The number of hydrogen-bond acceptors (Lipinski definition) is 3. The van der Waals surface area contributed by atoms with Crippen LogP contribution in [0.15, 0.2) is 60.7 Å². The Hall–Kier alpha value is -1.45. The average molecular weight is 278 g/mol. The lowest BCUT2D eigenvalue weighted by Gasteiger charge is -2.23. The van der Waals surface area contributed by atoms with Gasteiger partial charge in [0.05, 0.1) is 0 Å². The predicted molar refractivity (Wildman–Crippen MR) is 72.6 cm³/mol. The molecule has 0 bridgehead atoms. The van der Waals surface area contributed by atoms with Crippen LogP contribution in [0.1, 0.15) is 22.8 Å². The molecule has 4 nitrogen and oxygen atoms in total. The predicted octanol–water partition coefficient (Wildman–Crippen LogP) is 2.64. The molecule has 2 rings (SSSR count). The summed E-state index contributed by atoms with van der Waals surface area (Å²) in [7, 11) is -4.21. The zero-order chi connectivity index (χ0) is 13.9. The molecule has 0 aliphatic heterocycles. The SMILES string of the molecule is O=P(O)([C@H](O)c1ccccc1)[C@@H](O)c1ccccc1. The fraction of sp³-hybridized carbons (Fsp3) is 0.143. The highest BCUT2D eigenvalue weighted by Gasteiger charge is 2.38. The molecule has 0 amide bonds. The van der Waals surface area contributed by atoms with Crippen molar-refractivity contribution in [2.75, 3.05) is 0 Å². The van der Waals surface area contributed by atoms with E-state index in [2.05, 4.69) is 0 Å². The summed E-state index contributed by atoms with van der Waals surface area (Å²) in [4.78, 5) is 10.0. The minimum absolute atomic E-state index is 0.309. The van der Waals surface area contributed by atoms with E-state index < -0.39 is 19.1 Å². The van der Waals surface area contributed by atoms with Crippen LogP contribution < -0.4 is 0 Å². The number of hydrogen-bond donors (Lipinski definition) is 3. The van der Waals surface area contributed by atoms with Crippen LogP contribution in [-0.2, 0) is 4.57 Å². The van der Waals surface area contributed by atoms with E-state index in [1.165, 1.54) is 0 Å². The first kappa shape index (κ1) is 14.0. The molecule has 19 heavy (non-hydrogen) atoms. The third-order valence-corrected chi connectivity index (χ3v) is 4.89. The maximum absolute atomic E-state index is 12.3. The summed E-state index contributed by atoms with van der Waals surface area (Å²) < 4.78 is 12.3. The lowest BCUT2D eigenvalue weighted by Crippen LogP contribution is -2.07. The Labute approximate surface area is 111 Å². The van der Waals surface area contributed by atoms with E-state index in [1.807, 2.05) is 0 Å². The summed E-state index contributed by atoms with van der Waals surface area (Å²) in [5.74, 6) is -3.21. The van der Waals surface area contributed by atoms with Crippen LogP contribution in [-0.4, -0.2) is 15.1 Å².